The molecule has 0 aromatic heterocycles. The zero-order valence-corrected chi connectivity index (χ0v) is 15.6. The minimum atomic E-state index is -0.514. The molecule has 0 aliphatic carbocycles. The number of nitro benzene ring substituents is 1. The normalized spacial score (nSPS) is 17.8. The maximum Gasteiger partial charge on any atom is 0.410 e. The third-order valence-electron chi connectivity index (χ3n) is 3.67. The summed E-state index contributed by atoms with van der Waals surface area (Å²) in [4.78, 5) is 24.5. The van der Waals surface area contributed by atoms with Gasteiger partial charge >= 0.3 is 6.09 Å². The lowest BCUT2D eigenvalue weighted by Gasteiger charge is -2.24. The Morgan fingerprint density at radius 3 is 2.83 bits per heavy atom. The van der Waals surface area contributed by atoms with Gasteiger partial charge in [-0.05, 0) is 49.2 Å². The summed E-state index contributed by atoms with van der Waals surface area (Å²) in [7, 11) is 0. The number of hydrogen-bond donors (Lipinski definition) is 1. The minimum absolute atomic E-state index is 0.0759. The van der Waals surface area contributed by atoms with Crippen LogP contribution in [0.2, 0.25) is 0 Å². The fourth-order valence-electron chi connectivity index (χ4n) is 2.58. The highest BCUT2D eigenvalue weighted by Gasteiger charge is 2.30. The Morgan fingerprint density at radius 2 is 2.21 bits per heavy atom. The Balaban J connectivity index is 1.92. The molecule has 1 N–H and O–H groups in total. The molecule has 1 saturated heterocycles. The first-order valence-electron chi connectivity index (χ1n) is 7.80. The summed E-state index contributed by atoms with van der Waals surface area (Å²) in [6.45, 7) is 7.04. The van der Waals surface area contributed by atoms with Crippen molar-refractivity contribution in [2.45, 2.75) is 45.4 Å². The molecule has 1 heterocycles. The molecule has 1 aliphatic rings. The first-order valence-corrected chi connectivity index (χ1v) is 8.60. The largest absolute Gasteiger partial charge is 0.444 e. The van der Waals surface area contributed by atoms with Crippen LogP contribution in [0.5, 0.6) is 0 Å². The molecule has 1 amide bonds. The Kier molecular flexibility index (Phi) is 5.82. The van der Waals surface area contributed by atoms with Crippen molar-refractivity contribution in [3.8, 4) is 0 Å². The summed E-state index contributed by atoms with van der Waals surface area (Å²) in [5.41, 5.74) is 0.177. The molecule has 8 heteroatoms. The summed E-state index contributed by atoms with van der Waals surface area (Å²) in [5.74, 6) is 0. The van der Waals surface area contributed by atoms with Crippen LogP contribution in [0, 0.1) is 10.1 Å². The quantitative estimate of drug-likeness (QED) is 0.618. The van der Waals surface area contributed by atoms with Crippen LogP contribution in [0.25, 0.3) is 0 Å². The number of nitrogens with one attached hydrogen (secondary N) is 1. The van der Waals surface area contributed by atoms with Gasteiger partial charge in [0.1, 0.15) is 5.60 Å². The van der Waals surface area contributed by atoms with Gasteiger partial charge in [-0.2, -0.15) is 0 Å². The average molecular weight is 400 g/mol. The summed E-state index contributed by atoms with van der Waals surface area (Å²) in [6, 6.07) is 5.25. The second-order valence-corrected chi connectivity index (χ2v) is 7.65. The summed E-state index contributed by atoms with van der Waals surface area (Å²) in [6.07, 6.45) is 0.473. The van der Waals surface area contributed by atoms with Gasteiger partial charge in [0.2, 0.25) is 0 Å². The number of nitro groups is 1. The van der Waals surface area contributed by atoms with E-state index in [-0.39, 0.29) is 22.7 Å². The van der Waals surface area contributed by atoms with Crippen molar-refractivity contribution < 1.29 is 14.5 Å². The van der Waals surface area contributed by atoms with Crippen molar-refractivity contribution in [3.63, 3.8) is 0 Å². The number of hydrogen-bond acceptors (Lipinski definition) is 5. The van der Waals surface area contributed by atoms with Crippen molar-refractivity contribution in [1.82, 2.24) is 10.2 Å². The SMILES string of the molecule is CC(C)(C)OC(=O)N1CC[C@@H](NCc2cccc(Br)c2[N+](=O)[O-])C1. The highest BCUT2D eigenvalue weighted by molar-refractivity contribution is 9.10. The molecular formula is C16H22BrN3O4. The maximum atomic E-state index is 12.0. The van der Waals surface area contributed by atoms with Crippen LogP contribution in [0.1, 0.15) is 32.8 Å². The number of carbonyl (C=O) groups is 1. The molecule has 7 nitrogen and oxygen atoms in total. The van der Waals surface area contributed by atoms with Crippen LogP contribution in [-0.2, 0) is 11.3 Å². The van der Waals surface area contributed by atoms with Crippen molar-refractivity contribution in [2.75, 3.05) is 13.1 Å². The zero-order chi connectivity index (χ0) is 17.9. The van der Waals surface area contributed by atoms with E-state index < -0.39 is 5.60 Å². The standard InChI is InChI=1S/C16H22BrN3O4/c1-16(2,3)24-15(21)19-8-7-12(10-19)18-9-11-5-4-6-13(17)14(11)20(22)23/h4-6,12,18H,7-10H2,1-3H3/t12-/m1/s1. The van der Waals surface area contributed by atoms with Gasteiger partial charge in [-0.1, -0.05) is 12.1 Å². The van der Waals surface area contributed by atoms with Gasteiger partial charge in [-0.15, -0.1) is 0 Å². The van der Waals surface area contributed by atoms with E-state index in [1.807, 2.05) is 20.8 Å². The van der Waals surface area contributed by atoms with Gasteiger partial charge < -0.3 is 15.0 Å². The molecule has 1 aromatic rings. The van der Waals surface area contributed by atoms with Crippen LogP contribution >= 0.6 is 15.9 Å². The summed E-state index contributed by atoms with van der Waals surface area (Å²) < 4.78 is 5.83. The molecule has 0 saturated carbocycles. The summed E-state index contributed by atoms with van der Waals surface area (Å²) in [5, 5.41) is 14.5. The molecule has 0 radical (unpaired) electrons. The van der Waals surface area contributed by atoms with E-state index in [1.165, 1.54) is 0 Å². The van der Waals surface area contributed by atoms with Gasteiger partial charge in [0.05, 0.1) is 9.40 Å². The third-order valence-corrected chi connectivity index (χ3v) is 4.31. The number of nitrogens with zero attached hydrogens (tertiary/aromatic N) is 2. The Labute approximate surface area is 149 Å². The molecule has 24 heavy (non-hydrogen) atoms. The van der Waals surface area contributed by atoms with Gasteiger partial charge in [-0.25, -0.2) is 4.79 Å². The molecule has 1 aliphatic heterocycles. The van der Waals surface area contributed by atoms with Gasteiger partial charge in [0.15, 0.2) is 0 Å². The Morgan fingerprint density at radius 1 is 1.50 bits per heavy atom. The number of halogens is 1. The topological polar surface area (TPSA) is 84.7 Å². The van der Waals surface area contributed by atoms with E-state index >= 15 is 0 Å². The van der Waals surface area contributed by atoms with Gasteiger partial charge in [0, 0.05) is 31.2 Å². The molecule has 0 spiro atoms. The molecule has 0 bridgehead atoms. The Bertz CT molecular complexity index is 630. The lowest BCUT2D eigenvalue weighted by Crippen LogP contribution is -2.38. The lowest BCUT2D eigenvalue weighted by atomic mass is 10.1. The van der Waals surface area contributed by atoms with Crippen molar-refractivity contribution in [1.29, 1.82) is 0 Å². The first kappa shape index (κ1) is 18.7. The predicted octanol–water partition coefficient (Wildman–Crippen LogP) is 3.46. The smallest absolute Gasteiger partial charge is 0.410 e. The number of ether oxygens (including phenoxy) is 1. The molecule has 1 fully saturated rings. The van der Waals surface area contributed by atoms with E-state index in [0.717, 1.165) is 6.42 Å². The van der Waals surface area contributed by atoms with Crippen LogP contribution in [0.3, 0.4) is 0 Å². The fourth-order valence-corrected chi connectivity index (χ4v) is 3.13. The van der Waals surface area contributed by atoms with E-state index in [2.05, 4.69) is 21.2 Å². The molecule has 2 rings (SSSR count). The maximum absolute atomic E-state index is 12.0. The zero-order valence-electron chi connectivity index (χ0n) is 14.0. The van der Waals surface area contributed by atoms with E-state index in [4.69, 9.17) is 4.74 Å². The second kappa shape index (κ2) is 7.48. The summed E-state index contributed by atoms with van der Waals surface area (Å²) >= 11 is 3.22. The van der Waals surface area contributed by atoms with Gasteiger partial charge in [-0.3, -0.25) is 10.1 Å². The number of benzene rings is 1. The van der Waals surface area contributed by atoms with Crippen molar-refractivity contribution in [2.24, 2.45) is 0 Å². The number of rotatable bonds is 4. The second-order valence-electron chi connectivity index (χ2n) is 6.80. The monoisotopic (exact) mass is 399 g/mol. The van der Waals surface area contributed by atoms with Crippen LogP contribution < -0.4 is 5.32 Å². The number of amides is 1. The predicted molar refractivity (Wildman–Crippen MR) is 93.8 cm³/mol. The molecular weight excluding hydrogens is 378 g/mol. The van der Waals surface area contributed by atoms with E-state index in [0.29, 0.717) is 29.7 Å². The van der Waals surface area contributed by atoms with Crippen molar-refractivity contribution in [3.05, 3.63) is 38.3 Å². The van der Waals surface area contributed by atoms with Crippen LogP contribution in [0.15, 0.2) is 22.7 Å². The van der Waals surface area contributed by atoms with Crippen LogP contribution in [-0.4, -0.2) is 40.6 Å². The average Bonchev–Trinajstić information content (AvgIpc) is 2.91. The van der Waals surface area contributed by atoms with E-state index in [1.54, 1.807) is 23.1 Å². The van der Waals surface area contributed by atoms with Gasteiger partial charge in [0.25, 0.3) is 5.69 Å². The van der Waals surface area contributed by atoms with E-state index in [9.17, 15) is 14.9 Å². The molecule has 1 atom stereocenters. The minimum Gasteiger partial charge on any atom is -0.444 e. The third kappa shape index (κ3) is 4.91. The molecule has 1 aromatic carbocycles. The molecule has 0 unspecified atom stereocenters. The van der Waals surface area contributed by atoms with Crippen molar-refractivity contribution >= 4 is 27.7 Å². The number of para-hydroxylation sites is 1. The van der Waals surface area contributed by atoms with Crippen LogP contribution in [0.4, 0.5) is 10.5 Å². The lowest BCUT2D eigenvalue weighted by molar-refractivity contribution is -0.386. The highest BCUT2D eigenvalue weighted by Crippen LogP contribution is 2.28. The highest BCUT2D eigenvalue weighted by atomic mass is 79.9. The first-order chi connectivity index (χ1) is 11.2. The molecule has 132 valence electrons. The number of carbonyl (C=O) groups excluding carboxylic acids is 1. The number of likely N-dealkylation sites (tertiary alicyclic amines) is 1. The fraction of sp³-hybridized carbons (Fsp3) is 0.562. The Hall–Kier alpha value is -1.67.